The summed E-state index contributed by atoms with van der Waals surface area (Å²) in [5, 5.41) is 20.6. The molecule has 1 aromatic heterocycles. The number of hydrogen-bond acceptors (Lipinski definition) is 6. The molecule has 0 aliphatic heterocycles. The van der Waals surface area contributed by atoms with Gasteiger partial charge in [-0.2, -0.15) is 16.9 Å². The lowest BCUT2D eigenvalue weighted by Crippen LogP contribution is -2.41. The number of thioether (sulfide) groups is 1. The Balaban J connectivity index is 1.35. The molecule has 0 radical (unpaired) electrons. The van der Waals surface area contributed by atoms with Gasteiger partial charge in [-0.15, -0.1) is 0 Å². The minimum atomic E-state index is -1.11. The zero-order valence-electron chi connectivity index (χ0n) is 18.4. The van der Waals surface area contributed by atoms with Crippen LogP contribution in [0.15, 0.2) is 54.6 Å². The molecular formula is C24H24N4O5S. The number of benzene rings is 2. The summed E-state index contributed by atoms with van der Waals surface area (Å²) in [6.07, 6.45) is 1.45. The molecule has 2 amide bonds. The van der Waals surface area contributed by atoms with Crippen molar-refractivity contribution in [1.29, 1.82) is 0 Å². The highest BCUT2D eigenvalue weighted by molar-refractivity contribution is 7.98. The van der Waals surface area contributed by atoms with Gasteiger partial charge in [0.1, 0.15) is 18.3 Å². The molecule has 9 nitrogen and oxygen atoms in total. The summed E-state index contributed by atoms with van der Waals surface area (Å²) in [6, 6.07) is 16.4. The number of aromatic amines is 1. The highest BCUT2D eigenvalue weighted by atomic mass is 32.2. The van der Waals surface area contributed by atoms with Crippen molar-refractivity contribution in [2.24, 2.45) is 0 Å². The summed E-state index contributed by atoms with van der Waals surface area (Å²) >= 11 is 1.49. The molecule has 0 spiro atoms. The quantitative estimate of drug-likeness (QED) is 0.367. The van der Waals surface area contributed by atoms with Gasteiger partial charge in [-0.1, -0.05) is 48.5 Å². The van der Waals surface area contributed by atoms with Crippen molar-refractivity contribution in [3.63, 3.8) is 0 Å². The number of carbonyl (C=O) groups is 3. The molecular weight excluding hydrogens is 456 g/mol. The molecule has 34 heavy (non-hydrogen) atoms. The van der Waals surface area contributed by atoms with E-state index in [9.17, 15) is 19.5 Å². The van der Waals surface area contributed by atoms with Crippen LogP contribution in [0.2, 0.25) is 0 Å². The van der Waals surface area contributed by atoms with Crippen LogP contribution in [0.25, 0.3) is 11.1 Å². The molecule has 10 heteroatoms. The first kappa shape index (κ1) is 23.4. The first-order valence-corrected chi connectivity index (χ1v) is 12.1. The van der Waals surface area contributed by atoms with Gasteiger partial charge in [0.25, 0.3) is 5.91 Å². The number of carbonyl (C=O) groups excluding carboxylic acids is 2. The van der Waals surface area contributed by atoms with Crippen LogP contribution in [-0.4, -0.2) is 57.9 Å². The Labute approximate surface area is 200 Å². The van der Waals surface area contributed by atoms with Crippen LogP contribution in [0, 0.1) is 0 Å². The maximum atomic E-state index is 12.4. The molecule has 2 aromatic carbocycles. The molecule has 0 saturated carbocycles. The van der Waals surface area contributed by atoms with Crippen molar-refractivity contribution < 1.29 is 24.2 Å². The zero-order valence-corrected chi connectivity index (χ0v) is 19.2. The second-order valence-corrected chi connectivity index (χ2v) is 8.75. The summed E-state index contributed by atoms with van der Waals surface area (Å²) in [6.45, 7) is 0.146. The molecule has 1 aliphatic carbocycles. The Morgan fingerprint density at radius 3 is 2.38 bits per heavy atom. The lowest BCUT2D eigenvalue weighted by molar-refractivity contribution is -0.139. The number of hydrogen-bond donors (Lipinski definition) is 4. The first-order chi connectivity index (χ1) is 16.5. The van der Waals surface area contributed by atoms with Gasteiger partial charge in [-0.05, 0) is 40.7 Å². The Morgan fingerprint density at radius 1 is 1.12 bits per heavy atom. The van der Waals surface area contributed by atoms with Crippen LogP contribution in [-0.2, 0) is 9.53 Å². The molecule has 1 heterocycles. The van der Waals surface area contributed by atoms with Gasteiger partial charge in [0, 0.05) is 12.0 Å². The number of anilines is 1. The topological polar surface area (TPSA) is 133 Å². The maximum absolute atomic E-state index is 12.4. The number of aromatic nitrogens is 2. The monoisotopic (exact) mass is 480 g/mol. The Kier molecular flexibility index (Phi) is 7.17. The van der Waals surface area contributed by atoms with Gasteiger partial charge in [0.15, 0.2) is 5.82 Å². The number of amides is 2. The van der Waals surface area contributed by atoms with E-state index in [1.165, 1.54) is 17.8 Å². The molecule has 0 fully saturated rings. The highest BCUT2D eigenvalue weighted by Gasteiger charge is 2.29. The standard InChI is InChI=1S/C24H24N4O5S/c1-34-11-10-19(23(30)31)25-22(29)20-12-21(28-27-20)26-24(32)33-13-18-16-8-4-2-6-14(16)15-7-3-5-9-17(15)18/h2-9,12,18-19H,10-11,13H2,1H3,(H,25,29)(H,30,31)(H2,26,27,28,32)/t19-/m0/s1. The van der Waals surface area contributed by atoms with E-state index in [1.54, 1.807) is 0 Å². The van der Waals surface area contributed by atoms with Crippen LogP contribution in [0.1, 0.15) is 34.0 Å². The largest absolute Gasteiger partial charge is 0.480 e. The van der Waals surface area contributed by atoms with E-state index < -0.39 is 24.0 Å². The maximum Gasteiger partial charge on any atom is 0.412 e. The smallest absolute Gasteiger partial charge is 0.412 e. The van der Waals surface area contributed by atoms with Crippen LogP contribution in [0.4, 0.5) is 10.6 Å². The third-order valence-electron chi connectivity index (χ3n) is 5.61. The molecule has 176 valence electrons. The van der Waals surface area contributed by atoms with E-state index in [1.807, 2.05) is 42.7 Å². The number of fused-ring (bicyclic) bond motifs is 3. The van der Waals surface area contributed by atoms with Crippen molar-refractivity contribution in [2.75, 3.05) is 23.9 Å². The molecule has 4 N–H and O–H groups in total. The average Bonchev–Trinajstić information content (AvgIpc) is 3.43. The number of aliphatic carboxylic acids is 1. The van der Waals surface area contributed by atoms with Crippen molar-refractivity contribution in [1.82, 2.24) is 15.5 Å². The Bertz CT molecular complexity index is 1170. The second kappa shape index (κ2) is 10.4. The number of carboxylic acids is 1. The van der Waals surface area contributed by atoms with Crippen LogP contribution in [0.5, 0.6) is 0 Å². The highest BCUT2D eigenvalue weighted by Crippen LogP contribution is 2.44. The van der Waals surface area contributed by atoms with Crippen molar-refractivity contribution in [3.8, 4) is 11.1 Å². The van der Waals surface area contributed by atoms with Gasteiger partial charge >= 0.3 is 12.1 Å². The van der Waals surface area contributed by atoms with Crippen molar-refractivity contribution in [3.05, 3.63) is 71.4 Å². The fourth-order valence-electron chi connectivity index (χ4n) is 3.97. The Hall–Kier alpha value is -3.79. The predicted octanol–water partition coefficient (Wildman–Crippen LogP) is 3.71. The van der Waals surface area contributed by atoms with E-state index in [0.717, 1.165) is 22.3 Å². The minimum absolute atomic E-state index is 0.0318. The molecule has 0 saturated heterocycles. The number of ether oxygens (including phenoxy) is 1. The average molecular weight is 481 g/mol. The van der Waals surface area contributed by atoms with E-state index in [4.69, 9.17) is 4.74 Å². The minimum Gasteiger partial charge on any atom is -0.480 e. The van der Waals surface area contributed by atoms with E-state index >= 15 is 0 Å². The number of nitrogens with zero attached hydrogens (tertiary/aromatic N) is 1. The molecule has 1 atom stereocenters. The van der Waals surface area contributed by atoms with E-state index in [-0.39, 0.29) is 24.0 Å². The van der Waals surface area contributed by atoms with E-state index in [0.29, 0.717) is 12.2 Å². The van der Waals surface area contributed by atoms with Crippen LogP contribution in [0.3, 0.4) is 0 Å². The lowest BCUT2D eigenvalue weighted by atomic mass is 9.98. The van der Waals surface area contributed by atoms with Crippen LogP contribution >= 0.6 is 11.8 Å². The van der Waals surface area contributed by atoms with Gasteiger partial charge in [0.05, 0.1) is 0 Å². The summed E-state index contributed by atoms with van der Waals surface area (Å²) in [4.78, 5) is 36.1. The number of carboxylic acid groups (broad SMARTS) is 1. The van der Waals surface area contributed by atoms with Gasteiger partial charge < -0.3 is 15.2 Å². The third kappa shape index (κ3) is 5.07. The Morgan fingerprint density at radius 2 is 1.76 bits per heavy atom. The second-order valence-electron chi connectivity index (χ2n) is 7.76. The lowest BCUT2D eigenvalue weighted by Gasteiger charge is -2.14. The normalized spacial score (nSPS) is 13.0. The molecule has 0 unspecified atom stereocenters. The molecule has 4 rings (SSSR count). The fourth-order valence-corrected chi connectivity index (χ4v) is 4.44. The SMILES string of the molecule is CSCC[C@H](NC(=O)c1cc(NC(=O)OCC2c3ccccc3-c3ccccc32)n[nH]1)C(=O)O. The van der Waals surface area contributed by atoms with Gasteiger partial charge in [0.2, 0.25) is 0 Å². The van der Waals surface area contributed by atoms with Crippen molar-refractivity contribution in [2.45, 2.75) is 18.4 Å². The van der Waals surface area contributed by atoms with Gasteiger partial charge in [-0.25, -0.2) is 9.59 Å². The fraction of sp³-hybridized carbons (Fsp3) is 0.250. The number of rotatable bonds is 9. The molecule has 1 aliphatic rings. The number of H-pyrrole nitrogens is 1. The third-order valence-corrected chi connectivity index (χ3v) is 6.25. The summed E-state index contributed by atoms with van der Waals surface area (Å²) in [5.74, 6) is -1.12. The first-order valence-electron chi connectivity index (χ1n) is 10.7. The zero-order chi connectivity index (χ0) is 24.1. The molecule has 0 bridgehead atoms. The summed E-state index contributed by atoms with van der Waals surface area (Å²) < 4.78 is 5.47. The summed E-state index contributed by atoms with van der Waals surface area (Å²) in [7, 11) is 0. The summed E-state index contributed by atoms with van der Waals surface area (Å²) in [5.41, 5.74) is 4.50. The van der Waals surface area contributed by atoms with Crippen LogP contribution < -0.4 is 10.6 Å². The number of nitrogens with one attached hydrogen (secondary N) is 3. The van der Waals surface area contributed by atoms with Gasteiger partial charge in [-0.3, -0.25) is 15.2 Å². The predicted molar refractivity (Wildman–Crippen MR) is 129 cm³/mol. The molecule has 3 aromatic rings. The van der Waals surface area contributed by atoms with E-state index in [2.05, 4.69) is 33.0 Å². The van der Waals surface area contributed by atoms with Crippen molar-refractivity contribution >= 4 is 35.5 Å².